The maximum absolute atomic E-state index is 12.2. The molecular formula is C24H30ClN3O3. The van der Waals surface area contributed by atoms with Crippen molar-refractivity contribution >= 4 is 23.1 Å². The number of hydrogen-bond acceptors (Lipinski definition) is 6. The Morgan fingerprint density at radius 1 is 1.16 bits per heavy atom. The first-order valence-electron chi connectivity index (χ1n) is 10.4. The van der Waals surface area contributed by atoms with Gasteiger partial charge in [-0.2, -0.15) is 0 Å². The molecule has 1 saturated heterocycles. The molecule has 0 radical (unpaired) electrons. The zero-order valence-electron chi connectivity index (χ0n) is 18.1. The third-order valence-corrected chi connectivity index (χ3v) is 5.37. The average molecular weight is 444 g/mol. The molecule has 3 rings (SSSR count). The minimum Gasteiger partial charge on any atom is -0.491 e. The second kappa shape index (κ2) is 11.2. The van der Waals surface area contributed by atoms with Gasteiger partial charge < -0.3 is 19.6 Å². The highest BCUT2D eigenvalue weighted by molar-refractivity contribution is 6.30. The van der Waals surface area contributed by atoms with E-state index in [0.29, 0.717) is 17.9 Å². The Kier molecular flexibility index (Phi) is 8.35. The van der Waals surface area contributed by atoms with Crippen LogP contribution >= 0.6 is 11.6 Å². The summed E-state index contributed by atoms with van der Waals surface area (Å²) in [6.45, 7) is 4.30. The van der Waals surface area contributed by atoms with Gasteiger partial charge in [0.25, 0.3) is 0 Å². The number of piperazine rings is 1. The fraction of sp³-hybridized carbons (Fsp3) is 0.375. The van der Waals surface area contributed by atoms with Gasteiger partial charge in [0, 0.05) is 75.4 Å². The summed E-state index contributed by atoms with van der Waals surface area (Å²) in [7, 11) is 3.73. The summed E-state index contributed by atoms with van der Waals surface area (Å²) >= 11 is 5.97. The lowest BCUT2D eigenvalue weighted by molar-refractivity contribution is 0.0663. The first-order valence-corrected chi connectivity index (χ1v) is 10.8. The average Bonchev–Trinajstić information content (AvgIpc) is 2.77. The van der Waals surface area contributed by atoms with Crippen molar-refractivity contribution in [2.45, 2.75) is 6.10 Å². The molecule has 1 heterocycles. The molecule has 1 unspecified atom stereocenters. The van der Waals surface area contributed by atoms with Crippen LogP contribution < -0.4 is 9.64 Å². The molecule has 0 spiro atoms. The number of hydrogen-bond donors (Lipinski definition) is 1. The van der Waals surface area contributed by atoms with Crippen LogP contribution in [0.25, 0.3) is 0 Å². The minimum atomic E-state index is -0.602. The zero-order valence-corrected chi connectivity index (χ0v) is 18.8. The van der Waals surface area contributed by atoms with E-state index in [-0.39, 0.29) is 12.4 Å². The Hall–Kier alpha value is -2.54. The molecule has 1 aliphatic rings. The number of anilines is 1. The van der Waals surface area contributed by atoms with Crippen molar-refractivity contribution in [3.05, 3.63) is 71.4 Å². The Labute approximate surface area is 189 Å². The number of ether oxygens (including phenoxy) is 1. The first-order chi connectivity index (χ1) is 14.9. The lowest BCUT2D eigenvalue weighted by atomic mass is 10.1. The second-order valence-corrected chi connectivity index (χ2v) is 8.34. The summed E-state index contributed by atoms with van der Waals surface area (Å²) in [5, 5.41) is 11.2. The van der Waals surface area contributed by atoms with Gasteiger partial charge in [-0.25, -0.2) is 0 Å². The summed E-state index contributed by atoms with van der Waals surface area (Å²) in [6.07, 6.45) is 2.64. The number of aliphatic hydroxyl groups is 1. The number of nitrogens with zero attached hydrogens (tertiary/aromatic N) is 3. The molecule has 0 aliphatic carbocycles. The fourth-order valence-electron chi connectivity index (χ4n) is 3.44. The molecular weight excluding hydrogens is 414 g/mol. The van der Waals surface area contributed by atoms with Crippen molar-refractivity contribution in [2.75, 3.05) is 58.3 Å². The highest BCUT2D eigenvalue weighted by atomic mass is 35.5. The number of ketones is 1. The lowest BCUT2D eigenvalue weighted by Crippen LogP contribution is -2.49. The predicted molar refractivity (Wildman–Crippen MR) is 125 cm³/mol. The molecule has 2 aromatic carbocycles. The van der Waals surface area contributed by atoms with Gasteiger partial charge in [0.1, 0.15) is 18.5 Å². The predicted octanol–water partition coefficient (Wildman–Crippen LogP) is 3.16. The minimum absolute atomic E-state index is 0.0849. The second-order valence-electron chi connectivity index (χ2n) is 7.90. The standard InChI is InChI=1S/C24H30ClN3O3/c1-26(2)11-10-24(30)19-4-3-5-23(16-19)31-18-22(29)17-27-12-14-28(15-13-27)21-8-6-20(25)7-9-21/h3-11,16,22,29H,12-15,17-18H2,1-2H3. The van der Waals surface area contributed by atoms with E-state index in [2.05, 4.69) is 9.80 Å². The number of rotatable bonds is 9. The van der Waals surface area contributed by atoms with Gasteiger partial charge in [0.05, 0.1) is 0 Å². The molecule has 1 atom stereocenters. The van der Waals surface area contributed by atoms with Crippen LogP contribution in [0.4, 0.5) is 5.69 Å². The highest BCUT2D eigenvalue weighted by Crippen LogP contribution is 2.20. The van der Waals surface area contributed by atoms with Crippen molar-refractivity contribution in [2.24, 2.45) is 0 Å². The zero-order chi connectivity index (χ0) is 22.2. The molecule has 1 aliphatic heterocycles. The number of aliphatic hydroxyl groups excluding tert-OH is 1. The van der Waals surface area contributed by atoms with Crippen molar-refractivity contribution in [1.29, 1.82) is 0 Å². The van der Waals surface area contributed by atoms with Gasteiger partial charge in [0.2, 0.25) is 0 Å². The van der Waals surface area contributed by atoms with E-state index < -0.39 is 6.10 Å². The molecule has 0 saturated carbocycles. The third-order valence-electron chi connectivity index (χ3n) is 5.12. The van der Waals surface area contributed by atoms with E-state index >= 15 is 0 Å². The van der Waals surface area contributed by atoms with E-state index in [1.54, 1.807) is 30.5 Å². The molecule has 166 valence electrons. The van der Waals surface area contributed by atoms with Crippen molar-refractivity contribution in [1.82, 2.24) is 9.80 Å². The fourth-order valence-corrected chi connectivity index (χ4v) is 3.56. The SMILES string of the molecule is CN(C)C=CC(=O)c1cccc(OCC(O)CN2CCN(c3ccc(Cl)cc3)CC2)c1. The monoisotopic (exact) mass is 443 g/mol. The number of carbonyl (C=O) groups excluding carboxylic acids is 1. The molecule has 1 fully saturated rings. The lowest BCUT2D eigenvalue weighted by Gasteiger charge is -2.36. The number of benzene rings is 2. The number of carbonyl (C=O) groups is 1. The maximum Gasteiger partial charge on any atom is 0.187 e. The number of halogens is 1. The van der Waals surface area contributed by atoms with Crippen LogP contribution in [0.2, 0.25) is 5.02 Å². The number of allylic oxidation sites excluding steroid dienone is 1. The van der Waals surface area contributed by atoms with Gasteiger partial charge in [0.15, 0.2) is 5.78 Å². The number of β-amino-alcohol motifs (C(OH)–C–C–N with tert-alkyl or cyclic N) is 1. The molecule has 0 aromatic heterocycles. The van der Waals surface area contributed by atoms with Gasteiger partial charge in [-0.15, -0.1) is 0 Å². The molecule has 0 amide bonds. The molecule has 2 aromatic rings. The first kappa shape index (κ1) is 23.1. The van der Waals surface area contributed by atoms with Crippen LogP contribution in [-0.4, -0.2) is 80.2 Å². The van der Waals surface area contributed by atoms with Gasteiger partial charge in [-0.3, -0.25) is 9.69 Å². The van der Waals surface area contributed by atoms with E-state index in [1.165, 1.54) is 11.8 Å². The Bertz CT molecular complexity index is 878. The van der Waals surface area contributed by atoms with Crippen LogP contribution in [0, 0.1) is 0 Å². The van der Waals surface area contributed by atoms with Crippen molar-refractivity contribution < 1.29 is 14.6 Å². The van der Waals surface area contributed by atoms with E-state index in [0.717, 1.165) is 31.2 Å². The van der Waals surface area contributed by atoms with Crippen LogP contribution in [-0.2, 0) is 0 Å². The van der Waals surface area contributed by atoms with E-state index in [1.807, 2.05) is 43.3 Å². The highest BCUT2D eigenvalue weighted by Gasteiger charge is 2.20. The Morgan fingerprint density at radius 2 is 1.87 bits per heavy atom. The van der Waals surface area contributed by atoms with Crippen LogP contribution in [0.15, 0.2) is 60.8 Å². The summed E-state index contributed by atoms with van der Waals surface area (Å²) in [4.78, 5) is 18.6. The summed E-state index contributed by atoms with van der Waals surface area (Å²) < 4.78 is 5.74. The molecule has 1 N–H and O–H groups in total. The summed E-state index contributed by atoms with van der Waals surface area (Å²) in [5.41, 5.74) is 1.73. The third kappa shape index (κ3) is 7.28. The van der Waals surface area contributed by atoms with E-state index in [9.17, 15) is 9.90 Å². The summed E-state index contributed by atoms with van der Waals surface area (Å²) in [5.74, 6) is 0.494. The Morgan fingerprint density at radius 3 is 2.55 bits per heavy atom. The van der Waals surface area contributed by atoms with Gasteiger partial charge >= 0.3 is 0 Å². The molecule has 31 heavy (non-hydrogen) atoms. The van der Waals surface area contributed by atoms with Gasteiger partial charge in [-0.1, -0.05) is 23.7 Å². The normalized spacial score (nSPS) is 15.8. The topological polar surface area (TPSA) is 56.3 Å². The van der Waals surface area contributed by atoms with Crippen LogP contribution in [0.1, 0.15) is 10.4 Å². The van der Waals surface area contributed by atoms with E-state index in [4.69, 9.17) is 16.3 Å². The van der Waals surface area contributed by atoms with Crippen molar-refractivity contribution in [3.63, 3.8) is 0 Å². The van der Waals surface area contributed by atoms with Crippen LogP contribution in [0.3, 0.4) is 0 Å². The molecule has 0 bridgehead atoms. The Balaban J connectivity index is 1.43. The van der Waals surface area contributed by atoms with Crippen LogP contribution in [0.5, 0.6) is 5.75 Å². The maximum atomic E-state index is 12.2. The van der Waals surface area contributed by atoms with Gasteiger partial charge in [-0.05, 0) is 36.4 Å². The largest absolute Gasteiger partial charge is 0.491 e. The quantitative estimate of drug-likeness (QED) is 0.474. The molecule has 7 heteroatoms. The van der Waals surface area contributed by atoms with Crippen molar-refractivity contribution in [3.8, 4) is 5.75 Å². The summed E-state index contributed by atoms with van der Waals surface area (Å²) in [6, 6.07) is 14.9. The smallest absolute Gasteiger partial charge is 0.187 e. The molecule has 6 nitrogen and oxygen atoms in total.